The Hall–Kier alpha value is -3.07. The van der Waals surface area contributed by atoms with Crippen molar-refractivity contribution in [1.82, 2.24) is 0 Å². The Morgan fingerprint density at radius 1 is 1.03 bits per heavy atom. The molecule has 1 aliphatic rings. The lowest BCUT2D eigenvalue weighted by Gasteiger charge is -2.36. The zero-order chi connectivity index (χ0) is 25.9. The Balaban J connectivity index is 1.99. The van der Waals surface area contributed by atoms with Crippen molar-refractivity contribution in [2.75, 3.05) is 25.7 Å². The number of carbonyl (C=O) groups excluding carboxylic acids is 1. The molecule has 11 heteroatoms. The quantitative estimate of drug-likeness (QED) is 0.192. The molecule has 0 N–H and O–H groups in total. The van der Waals surface area contributed by atoms with Gasteiger partial charge in [-0.25, -0.2) is 4.57 Å². The van der Waals surface area contributed by atoms with Crippen molar-refractivity contribution in [3.63, 3.8) is 0 Å². The van der Waals surface area contributed by atoms with Gasteiger partial charge in [0.05, 0.1) is 18.2 Å². The predicted molar refractivity (Wildman–Crippen MR) is 135 cm³/mol. The van der Waals surface area contributed by atoms with Crippen LogP contribution in [-0.2, 0) is 35.1 Å². The van der Waals surface area contributed by atoms with Crippen LogP contribution in [0.2, 0.25) is 5.02 Å². The molecule has 0 saturated heterocycles. The fourth-order valence-corrected chi connectivity index (χ4v) is 5.68. The van der Waals surface area contributed by atoms with Crippen LogP contribution in [0, 0.1) is 10.1 Å². The maximum atomic E-state index is 14.4. The van der Waals surface area contributed by atoms with Crippen molar-refractivity contribution in [2.24, 2.45) is 0 Å². The van der Waals surface area contributed by atoms with Crippen LogP contribution in [-0.4, -0.2) is 31.6 Å². The van der Waals surface area contributed by atoms with Gasteiger partial charge < -0.3 is 4.90 Å². The molecule has 0 spiro atoms. The normalized spacial score (nSPS) is 18.2. The lowest BCUT2D eigenvalue weighted by molar-refractivity contribution is -0.486. The molecule has 1 amide bonds. The van der Waals surface area contributed by atoms with Crippen LogP contribution in [0.1, 0.15) is 22.6 Å². The summed E-state index contributed by atoms with van der Waals surface area (Å²) in [7, 11) is -2.09. The van der Waals surface area contributed by atoms with E-state index in [9.17, 15) is 19.5 Å². The Labute approximate surface area is 213 Å². The number of carbonyl (C=O) groups is 1. The van der Waals surface area contributed by atoms with Crippen molar-refractivity contribution in [1.29, 1.82) is 0 Å². The molecule has 1 aliphatic heterocycles. The number of anilines is 1. The number of phosphoric acid groups is 1. The lowest BCUT2D eigenvalue weighted by Crippen LogP contribution is -2.48. The summed E-state index contributed by atoms with van der Waals surface area (Å²) < 4.78 is 29.5. The third-order valence-corrected chi connectivity index (χ3v) is 7.76. The molecule has 0 bridgehead atoms. The van der Waals surface area contributed by atoms with Gasteiger partial charge in [-0.1, -0.05) is 72.3 Å². The van der Waals surface area contributed by atoms with E-state index in [1.54, 1.807) is 42.5 Å². The molecule has 0 unspecified atom stereocenters. The minimum atomic E-state index is -4.33. The van der Waals surface area contributed by atoms with E-state index in [2.05, 4.69) is 0 Å². The maximum absolute atomic E-state index is 14.4. The molecular formula is C25H24ClN2O7P. The number of halogens is 1. The first-order valence-corrected chi connectivity index (χ1v) is 12.8. The highest BCUT2D eigenvalue weighted by Crippen LogP contribution is 2.61. The first kappa shape index (κ1) is 26.0. The number of amides is 1. The molecular weight excluding hydrogens is 507 g/mol. The molecule has 0 radical (unpaired) electrons. The number of rotatable bonds is 10. The number of hydrogen-bond acceptors (Lipinski definition) is 7. The van der Waals surface area contributed by atoms with Gasteiger partial charge in [0.25, 0.3) is 5.91 Å². The van der Waals surface area contributed by atoms with E-state index >= 15 is 0 Å². The van der Waals surface area contributed by atoms with Crippen molar-refractivity contribution >= 4 is 31.0 Å². The minimum absolute atomic E-state index is 0.160. The Bertz CT molecular complexity index is 1310. The van der Waals surface area contributed by atoms with Crippen LogP contribution >= 0.6 is 19.4 Å². The monoisotopic (exact) mass is 530 g/mol. The van der Waals surface area contributed by atoms with Gasteiger partial charge in [-0.15, -0.1) is 0 Å². The molecule has 0 fully saturated rings. The van der Waals surface area contributed by atoms with Gasteiger partial charge >= 0.3 is 7.82 Å². The highest BCUT2D eigenvalue weighted by atomic mass is 35.5. The average Bonchev–Trinajstić information content (AvgIpc) is 3.11. The summed E-state index contributed by atoms with van der Waals surface area (Å²) in [5.41, 5.74) is -0.132. The number of benzene rings is 3. The van der Waals surface area contributed by atoms with E-state index in [4.69, 9.17) is 25.2 Å². The summed E-state index contributed by atoms with van der Waals surface area (Å²) >= 11 is 6.23. The molecule has 3 aromatic rings. The van der Waals surface area contributed by atoms with E-state index in [1.807, 2.05) is 30.3 Å². The topological polar surface area (TPSA) is 108 Å². The summed E-state index contributed by atoms with van der Waals surface area (Å²) in [5.74, 6) is -1.85. The van der Waals surface area contributed by atoms with Gasteiger partial charge in [-0.3, -0.25) is 28.5 Å². The van der Waals surface area contributed by atoms with Crippen LogP contribution < -0.4 is 4.90 Å². The van der Waals surface area contributed by atoms with Gasteiger partial charge in [-0.2, -0.15) is 0 Å². The van der Waals surface area contributed by atoms with E-state index in [1.165, 1.54) is 11.0 Å². The second kappa shape index (κ2) is 10.5. The highest BCUT2D eigenvalue weighted by molar-refractivity contribution is 7.48. The molecule has 36 heavy (non-hydrogen) atoms. The third-order valence-electron chi connectivity index (χ3n) is 6.12. The Kier molecular flexibility index (Phi) is 7.59. The van der Waals surface area contributed by atoms with Crippen LogP contribution in [0.25, 0.3) is 0 Å². The zero-order valence-electron chi connectivity index (χ0n) is 19.6. The molecule has 3 aromatic carbocycles. The van der Waals surface area contributed by atoms with Gasteiger partial charge in [-0.05, 0) is 29.3 Å². The number of phosphoric ester groups is 1. The van der Waals surface area contributed by atoms with Crippen LogP contribution in [0.5, 0.6) is 0 Å². The zero-order valence-corrected chi connectivity index (χ0v) is 21.2. The molecule has 0 aliphatic carbocycles. The molecule has 0 aromatic heterocycles. The van der Waals surface area contributed by atoms with E-state index in [0.717, 1.165) is 19.8 Å². The van der Waals surface area contributed by atoms with Gasteiger partial charge in [0.1, 0.15) is 0 Å². The molecule has 188 valence electrons. The number of para-hydroxylation sites is 1. The second-order valence-electron chi connectivity index (χ2n) is 8.16. The fourth-order valence-electron chi connectivity index (χ4n) is 4.53. The summed E-state index contributed by atoms with van der Waals surface area (Å²) in [5, 5.41) is 12.2. The summed E-state index contributed by atoms with van der Waals surface area (Å²) in [6.45, 7) is -0.556. The summed E-state index contributed by atoms with van der Waals surface area (Å²) in [6, 6.07) is 22.4. The average molecular weight is 531 g/mol. The smallest absolute Gasteiger partial charge is 0.305 e. The largest absolute Gasteiger partial charge is 0.475 e. The third kappa shape index (κ3) is 4.81. The first-order valence-electron chi connectivity index (χ1n) is 11.0. The van der Waals surface area contributed by atoms with Crippen molar-refractivity contribution in [3.8, 4) is 0 Å². The molecule has 4 rings (SSSR count). The van der Waals surface area contributed by atoms with Crippen molar-refractivity contribution in [3.05, 3.63) is 111 Å². The van der Waals surface area contributed by atoms with Gasteiger partial charge in [0, 0.05) is 29.7 Å². The van der Waals surface area contributed by atoms with Gasteiger partial charge in [0.15, 0.2) is 5.60 Å². The number of fused-ring (bicyclic) bond motifs is 1. The van der Waals surface area contributed by atoms with Gasteiger partial charge in [0.2, 0.25) is 6.54 Å². The number of hydrogen-bond donors (Lipinski definition) is 0. The lowest BCUT2D eigenvalue weighted by atomic mass is 9.78. The van der Waals surface area contributed by atoms with E-state index < -0.39 is 36.7 Å². The Morgan fingerprint density at radius 3 is 2.33 bits per heavy atom. The second-order valence-corrected chi connectivity index (χ2v) is 10.4. The van der Waals surface area contributed by atoms with Crippen LogP contribution in [0.3, 0.4) is 0 Å². The predicted octanol–water partition coefficient (Wildman–Crippen LogP) is 5.56. The molecule has 0 saturated carbocycles. The molecule has 9 nitrogen and oxygen atoms in total. The van der Waals surface area contributed by atoms with E-state index in [-0.39, 0.29) is 6.54 Å². The molecule has 1 heterocycles. The summed E-state index contributed by atoms with van der Waals surface area (Å²) in [4.78, 5) is 27.2. The standard InChI is InChI=1S/C25H24ClN2O7P/c1-33-36(32,34-2)35-25(22(17-28(30)31)19-11-8-12-20(26)15-19)21-13-6-7-14-23(21)27(24(25)29)16-18-9-4-3-5-10-18/h3-15,22H,16-17H2,1-2H3/t22-,25-/m1/s1. The summed E-state index contributed by atoms with van der Waals surface area (Å²) in [6.07, 6.45) is 0. The number of nitrogens with zero attached hydrogens (tertiary/aromatic N) is 2. The maximum Gasteiger partial charge on any atom is 0.475 e. The SMILES string of the molecule is COP(=O)(OC)O[C@]1([C@H](C[N+](=O)[O-])c2cccc(Cl)c2)C(=O)N(Cc2ccccc2)c2ccccc21. The number of nitro groups is 1. The van der Waals surface area contributed by atoms with Crippen molar-refractivity contribution in [2.45, 2.75) is 18.1 Å². The van der Waals surface area contributed by atoms with Crippen molar-refractivity contribution < 1.29 is 27.9 Å². The van der Waals surface area contributed by atoms with E-state index in [0.29, 0.717) is 21.8 Å². The highest BCUT2D eigenvalue weighted by Gasteiger charge is 2.62. The van der Waals surface area contributed by atoms with Crippen LogP contribution in [0.15, 0.2) is 78.9 Å². The fraction of sp³-hybridized carbons (Fsp3) is 0.240. The van der Waals surface area contributed by atoms with Crippen LogP contribution in [0.4, 0.5) is 5.69 Å². The minimum Gasteiger partial charge on any atom is -0.305 e. The Morgan fingerprint density at radius 2 is 1.69 bits per heavy atom. The first-order chi connectivity index (χ1) is 17.2. The molecule has 2 atom stereocenters.